The van der Waals surface area contributed by atoms with E-state index in [9.17, 15) is 27.2 Å². The number of nitrogens with zero attached hydrogens (tertiary/aromatic N) is 2. The molecule has 1 amide bonds. The molecule has 4 rings (SSSR count). The number of halogens is 6. The van der Waals surface area contributed by atoms with Gasteiger partial charge in [-0.3, -0.25) is 14.6 Å². The van der Waals surface area contributed by atoms with Crippen LogP contribution in [0.2, 0.25) is 10.0 Å². The van der Waals surface area contributed by atoms with Crippen molar-refractivity contribution in [2.45, 2.75) is 6.18 Å². The minimum Gasteiger partial charge on any atom is -0.321 e. The van der Waals surface area contributed by atoms with Crippen molar-refractivity contribution in [2.75, 3.05) is 5.32 Å². The number of fused-ring (bicyclic) bond motifs is 1. The number of aromatic nitrogens is 2. The monoisotopic (exact) mass is 509 g/mol. The van der Waals surface area contributed by atoms with Crippen molar-refractivity contribution in [3.8, 4) is 11.1 Å². The van der Waals surface area contributed by atoms with Crippen molar-refractivity contribution in [1.82, 2.24) is 9.55 Å². The van der Waals surface area contributed by atoms with Gasteiger partial charge in [0.25, 0.3) is 11.5 Å². The van der Waals surface area contributed by atoms with Crippen LogP contribution in [0.15, 0.2) is 59.7 Å². The highest BCUT2D eigenvalue weighted by molar-refractivity contribution is 6.41. The summed E-state index contributed by atoms with van der Waals surface area (Å²) < 4.78 is 54.1. The van der Waals surface area contributed by atoms with Crippen molar-refractivity contribution in [3.05, 3.63) is 92.2 Å². The van der Waals surface area contributed by atoms with E-state index in [4.69, 9.17) is 23.2 Å². The van der Waals surface area contributed by atoms with Gasteiger partial charge in [-0.25, -0.2) is 4.39 Å². The Morgan fingerprint density at radius 1 is 1.09 bits per heavy atom. The van der Waals surface area contributed by atoms with E-state index in [0.29, 0.717) is 23.0 Å². The van der Waals surface area contributed by atoms with Crippen molar-refractivity contribution >= 4 is 45.7 Å². The van der Waals surface area contributed by atoms with Crippen molar-refractivity contribution in [3.63, 3.8) is 0 Å². The maximum absolute atomic E-state index is 13.7. The summed E-state index contributed by atoms with van der Waals surface area (Å²) in [5.41, 5.74) is -1.47. The Morgan fingerprint density at radius 2 is 1.82 bits per heavy atom. The largest absolute Gasteiger partial charge is 0.416 e. The average molecular weight is 510 g/mol. The first-order valence-electron chi connectivity index (χ1n) is 9.58. The third kappa shape index (κ3) is 4.36. The summed E-state index contributed by atoms with van der Waals surface area (Å²) in [7, 11) is 1.56. The molecule has 0 aliphatic rings. The summed E-state index contributed by atoms with van der Waals surface area (Å²) in [4.78, 5) is 29.7. The Kier molecular flexibility index (Phi) is 6.09. The summed E-state index contributed by atoms with van der Waals surface area (Å²) in [6.45, 7) is 0. The van der Waals surface area contributed by atoms with Gasteiger partial charge in [-0.1, -0.05) is 23.2 Å². The molecule has 0 fully saturated rings. The van der Waals surface area contributed by atoms with Gasteiger partial charge in [-0.05, 0) is 42.5 Å². The SMILES string of the molecule is Cn1c(=O)c(-c2c(Cl)ccc(NC(=O)c3cc(F)cc(C(F)(F)F)c3)c2Cl)cc2cnccc21. The lowest BCUT2D eigenvalue weighted by Crippen LogP contribution is -2.19. The topological polar surface area (TPSA) is 64.0 Å². The number of amides is 1. The predicted octanol–water partition coefficient (Wildman–Crippen LogP) is 6.32. The Bertz CT molecular complexity index is 1520. The van der Waals surface area contributed by atoms with E-state index in [0.717, 1.165) is 0 Å². The molecule has 34 heavy (non-hydrogen) atoms. The first-order valence-corrected chi connectivity index (χ1v) is 10.3. The summed E-state index contributed by atoms with van der Waals surface area (Å²) in [5.74, 6) is -2.26. The summed E-state index contributed by atoms with van der Waals surface area (Å²) >= 11 is 12.8. The molecular weight excluding hydrogens is 497 g/mol. The van der Waals surface area contributed by atoms with Gasteiger partial charge in [0.05, 0.1) is 32.4 Å². The van der Waals surface area contributed by atoms with E-state index in [-0.39, 0.29) is 32.9 Å². The van der Waals surface area contributed by atoms with Crippen molar-refractivity contribution in [2.24, 2.45) is 7.05 Å². The highest BCUT2D eigenvalue weighted by atomic mass is 35.5. The van der Waals surface area contributed by atoms with E-state index >= 15 is 0 Å². The van der Waals surface area contributed by atoms with Gasteiger partial charge < -0.3 is 9.88 Å². The normalized spacial score (nSPS) is 11.6. The number of rotatable bonds is 3. The lowest BCUT2D eigenvalue weighted by atomic mass is 10.0. The minimum absolute atomic E-state index is 0.0303. The highest BCUT2D eigenvalue weighted by Crippen LogP contribution is 2.39. The maximum Gasteiger partial charge on any atom is 0.416 e. The molecule has 0 saturated heterocycles. The van der Waals surface area contributed by atoms with Gasteiger partial charge >= 0.3 is 6.18 Å². The molecule has 0 unspecified atom stereocenters. The first kappa shape index (κ1) is 23.7. The van der Waals surface area contributed by atoms with Gasteiger partial charge in [0.2, 0.25) is 0 Å². The van der Waals surface area contributed by atoms with E-state index in [1.54, 1.807) is 25.4 Å². The standard InChI is InChI=1S/C23H13Cl2F4N3O2/c1-32-18-4-5-30-10-12(18)8-15(22(32)34)19-16(24)2-3-17(20(19)25)31-21(33)11-6-13(23(27,28)29)9-14(26)7-11/h2-10H,1H3,(H,31,33). The molecule has 0 aliphatic carbocycles. The van der Waals surface area contributed by atoms with Gasteiger partial charge in [0.15, 0.2) is 0 Å². The molecule has 0 spiro atoms. The number of nitrogens with one attached hydrogen (secondary N) is 1. The molecular formula is C23H13Cl2F4N3O2. The van der Waals surface area contributed by atoms with Crippen molar-refractivity contribution < 1.29 is 22.4 Å². The molecule has 2 aromatic carbocycles. The van der Waals surface area contributed by atoms with Crippen LogP contribution in [-0.2, 0) is 13.2 Å². The van der Waals surface area contributed by atoms with E-state index in [1.165, 1.54) is 22.9 Å². The molecule has 174 valence electrons. The third-order valence-corrected chi connectivity index (χ3v) is 5.83. The first-order chi connectivity index (χ1) is 16.0. The lowest BCUT2D eigenvalue weighted by Gasteiger charge is -2.15. The fourth-order valence-electron chi connectivity index (χ4n) is 3.48. The average Bonchev–Trinajstić information content (AvgIpc) is 2.78. The number of pyridine rings is 2. The van der Waals surface area contributed by atoms with Gasteiger partial charge in [-0.15, -0.1) is 0 Å². The van der Waals surface area contributed by atoms with Crippen LogP contribution in [0.1, 0.15) is 15.9 Å². The fraction of sp³-hybridized carbons (Fsp3) is 0.0870. The number of anilines is 1. The van der Waals surface area contributed by atoms with E-state index < -0.39 is 34.6 Å². The molecule has 11 heteroatoms. The molecule has 4 aromatic rings. The van der Waals surface area contributed by atoms with Crippen LogP contribution in [0.5, 0.6) is 0 Å². The summed E-state index contributed by atoms with van der Waals surface area (Å²) in [6.07, 6.45) is -1.75. The second kappa shape index (κ2) is 8.73. The number of aryl methyl sites for hydroxylation is 1. The Hall–Kier alpha value is -3.43. The molecule has 5 nitrogen and oxygen atoms in total. The van der Waals surface area contributed by atoms with Crippen molar-refractivity contribution in [1.29, 1.82) is 0 Å². The summed E-state index contributed by atoms with van der Waals surface area (Å²) in [5, 5.41) is 2.97. The number of carbonyl (C=O) groups excluding carboxylic acids is 1. The smallest absolute Gasteiger partial charge is 0.321 e. The number of carbonyl (C=O) groups is 1. The maximum atomic E-state index is 13.7. The van der Waals surface area contributed by atoms with E-state index in [2.05, 4.69) is 10.3 Å². The molecule has 0 radical (unpaired) electrons. The van der Waals surface area contributed by atoms with Gasteiger partial charge in [0.1, 0.15) is 5.82 Å². The predicted molar refractivity (Wildman–Crippen MR) is 122 cm³/mol. The van der Waals surface area contributed by atoms with Gasteiger partial charge in [0, 0.05) is 36.0 Å². The number of hydrogen-bond acceptors (Lipinski definition) is 3. The zero-order valence-corrected chi connectivity index (χ0v) is 18.7. The van der Waals surface area contributed by atoms with Crippen LogP contribution < -0.4 is 10.9 Å². The fourth-order valence-corrected chi connectivity index (χ4v) is 4.10. The van der Waals surface area contributed by atoms with Crippen LogP contribution in [0.25, 0.3) is 22.0 Å². The summed E-state index contributed by atoms with van der Waals surface area (Å²) in [6, 6.07) is 7.38. The van der Waals surface area contributed by atoms with Crippen LogP contribution >= 0.6 is 23.2 Å². The number of hydrogen-bond donors (Lipinski definition) is 1. The highest BCUT2D eigenvalue weighted by Gasteiger charge is 2.32. The molecule has 1 N–H and O–H groups in total. The molecule has 2 heterocycles. The van der Waals surface area contributed by atoms with Crippen LogP contribution in [0, 0.1) is 5.82 Å². The molecule has 0 atom stereocenters. The number of alkyl halides is 3. The second-order valence-electron chi connectivity index (χ2n) is 7.32. The molecule has 0 saturated carbocycles. The Labute approximate surface area is 199 Å². The van der Waals surface area contributed by atoms with E-state index in [1.807, 2.05) is 0 Å². The van der Waals surface area contributed by atoms with Crippen LogP contribution in [0.3, 0.4) is 0 Å². The van der Waals surface area contributed by atoms with Crippen LogP contribution in [0.4, 0.5) is 23.2 Å². The quantitative estimate of drug-likeness (QED) is 0.329. The second-order valence-corrected chi connectivity index (χ2v) is 8.11. The molecule has 2 aromatic heterocycles. The zero-order chi connectivity index (χ0) is 24.8. The number of benzene rings is 2. The Balaban J connectivity index is 1.79. The molecule has 0 bridgehead atoms. The zero-order valence-electron chi connectivity index (χ0n) is 17.2. The van der Waals surface area contributed by atoms with Gasteiger partial charge in [-0.2, -0.15) is 13.2 Å². The van der Waals surface area contributed by atoms with Crippen LogP contribution in [-0.4, -0.2) is 15.5 Å². The third-order valence-electron chi connectivity index (χ3n) is 5.12. The molecule has 0 aliphatic heterocycles. The minimum atomic E-state index is -4.84. The Morgan fingerprint density at radius 3 is 2.53 bits per heavy atom. The lowest BCUT2D eigenvalue weighted by molar-refractivity contribution is -0.137.